The second-order valence-corrected chi connectivity index (χ2v) is 11.5. The monoisotopic (exact) mass is 552 g/mol. The molecule has 7 nitrogen and oxygen atoms in total. The first kappa shape index (κ1) is 29.4. The number of pyridine rings is 1. The molecule has 0 saturated carbocycles. The third kappa shape index (κ3) is 8.22. The molecule has 0 aliphatic carbocycles. The Hall–Kier alpha value is -2.55. The zero-order valence-corrected chi connectivity index (χ0v) is 24.6. The molecule has 4 rings (SSSR count). The van der Waals surface area contributed by atoms with Gasteiger partial charge >= 0.3 is 0 Å². The summed E-state index contributed by atoms with van der Waals surface area (Å²) in [7, 11) is 0. The van der Waals surface area contributed by atoms with Crippen LogP contribution >= 0.6 is 11.3 Å². The Balaban J connectivity index is 1.54. The largest absolute Gasteiger partial charge is 0.473 e. The van der Waals surface area contributed by atoms with E-state index in [1.54, 1.807) is 17.5 Å². The fourth-order valence-electron chi connectivity index (χ4n) is 5.08. The fraction of sp³-hybridized carbons (Fsp3) is 0.581. The Bertz CT molecular complexity index is 1150. The van der Waals surface area contributed by atoms with Gasteiger partial charge in [0.05, 0.1) is 18.1 Å². The number of carbonyl (C=O) groups is 1. The van der Waals surface area contributed by atoms with E-state index in [-0.39, 0.29) is 11.9 Å². The lowest BCUT2D eigenvalue weighted by Gasteiger charge is -2.24. The molecule has 0 aromatic carbocycles. The minimum Gasteiger partial charge on any atom is -0.473 e. The van der Waals surface area contributed by atoms with Crippen LogP contribution < -0.4 is 15.4 Å². The van der Waals surface area contributed by atoms with E-state index >= 15 is 0 Å². The molecule has 212 valence electrons. The first-order chi connectivity index (χ1) is 19.1. The van der Waals surface area contributed by atoms with Gasteiger partial charge in [0.1, 0.15) is 17.6 Å². The Morgan fingerprint density at radius 3 is 2.77 bits per heavy atom. The summed E-state index contributed by atoms with van der Waals surface area (Å²) in [5.41, 5.74) is 4.21. The molecule has 0 radical (unpaired) electrons. The van der Waals surface area contributed by atoms with E-state index in [4.69, 9.17) is 14.5 Å². The van der Waals surface area contributed by atoms with Gasteiger partial charge in [-0.3, -0.25) is 4.79 Å². The number of unbranched alkanes of at least 4 members (excludes halogenated alkanes) is 3. The number of anilines is 1. The third-order valence-corrected chi connectivity index (χ3v) is 8.65. The van der Waals surface area contributed by atoms with Gasteiger partial charge in [-0.25, -0.2) is 9.98 Å². The van der Waals surface area contributed by atoms with Crippen LogP contribution in [0.4, 0.5) is 5.69 Å². The van der Waals surface area contributed by atoms with Gasteiger partial charge in [0.25, 0.3) is 0 Å². The zero-order chi connectivity index (χ0) is 27.5. The van der Waals surface area contributed by atoms with Gasteiger partial charge in [0.15, 0.2) is 5.78 Å². The molecule has 2 aliphatic heterocycles. The number of amidine groups is 1. The Morgan fingerprint density at radius 2 is 1.97 bits per heavy atom. The summed E-state index contributed by atoms with van der Waals surface area (Å²) in [6.45, 7) is 9.89. The minimum absolute atomic E-state index is 0.0886. The number of ether oxygens (including phenoxy) is 2. The molecule has 1 fully saturated rings. The van der Waals surface area contributed by atoms with Crippen LogP contribution in [0.1, 0.15) is 97.8 Å². The number of nitrogens with one attached hydrogen (secondary N) is 2. The SMILES string of the molecule is CCNCCCCCCC(=O)c1sc2c(c1CC)C(Nc1cccnc1OC1CCOCC1)=NC=C(C)CC2. The predicted molar refractivity (Wildman–Crippen MR) is 161 cm³/mol. The van der Waals surface area contributed by atoms with Crippen LogP contribution in [0.2, 0.25) is 0 Å². The van der Waals surface area contributed by atoms with E-state index in [0.717, 1.165) is 92.0 Å². The summed E-state index contributed by atoms with van der Waals surface area (Å²) in [6, 6.07) is 3.89. The molecule has 39 heavy (non-hydrogen) atoms. The van der Waals surface area contributed by atoms with Crippen molar-refractivity contribution in [1.82, 2.24) is 10.3 Å². The van der Waals surface area contributed by atoms with E-state index < -0.39 is 0 Å². The molecule has 2 aromatic heterocycles. The molecule has 0 bridgehead atoms. The lowest BCUT2D eigenvalue weighted by atomic mass is 9.98. The van der Waals surface area contributed by atoms with Crippen LogP contribution in [-0.4, -0.2) is 49.0 Å². The Kier molecular flexibility index (Phi) is 11.5. The molecule has 8 heteroatoms. The lowest BCUT2D eigenvalue weighted by molar-refractivity contribution is 0.0240. The van der Waals surface area contributed by atoms with E-state index in [1.165, 1.54) is 16.9 Å². The first-order valence-corrected chi connectivity index (χ1v) is 15.5. The Labute approximate surface area is 237 Å². The summed E-state index contributed by atoms with van der Waals surface area (Å²) in [4.78, 5) is 25.0. The predicted octanol–water partition coefficient (Wildman–Crippen LogP) is 6.71. The third-order valence-electron chi connectivity index (χ3n) is 7.31. The zero-order valence-electron chi connectivity index (χ0n) is 23.8. The summed E-state index contributed by atoms with van der Waals surface area (Å²) in [5, 5.41) is 6.93. The number of nitrogens with zero attached hydrogens (tertiary/aromatic N) is 2. The van der Waals surface area contributed by atoms with Gasteiger partial charge in [0, 0.05) is 42.1 Å². The molecule has 2 aromatic rings. The quantitative estimate of drug-likeness (QED) is 0.212. The summed E-state index contributed by atoms with van der Waals surface area (Å²) >= 11 is 1.67. The molecular weight excluding hydrogens is 508 g/mol. The minimum atomic E-state index is 0.0886. The van der Waals surface area contributed by atoms with Gasteiger partial charge in [-0.1, -0.05) is 32.3 Å². The van der Waals surface area contributed by atoms with Crippen molar-refractivity contribution in [3.63, 3.8) is 0 Å². The van der Waals surface area contributed by atoms with E-state index in [2.05, 4.69) is 36.4 Å². The smallest absolute Gasteiger partial charge is 0.238 e. The number of aryl methyl sites for hydroxylation is 1. The first-order valence-electron chi connectivity index (χ1n) is 14.7. The number of fused-ring (bicyclic) bond motifs is 1. The van der Waals surface area contributed by atoms with Crippen molar-refractivity contribution in [2.45, 2.75) is 91.1 Å². The number of thiophene rings is 1. The standard InChI is InChI=1S/C31H44N4O3S/c1-4-24-28-27(39-29(24)26(36)12-8-6-7-9-17-32-5-2)14-13-22(3)21-34-30(28)35-25-11-10-18-33-31(25)38-23-15-19-37-20-16-23/h10-11,18,21,23,32H,4-9,12-17,19-20H2,1-3H3,(H,34,35). The highest BCUT2D eigenvalue weighted by Crippen LogP contribution is 2.35. The molecule has 0 spiro atoms. The number of rotatable bonds is 13. The highest BCUT2D eigenvalue weighted by atomic mass is 32.1. The number of aliphatic imine (C=N–C) groups is 1. The summed E-state index contributed by atoms with van der Waals surface area (Å²) < 4.78 is 11.8. The van der Waals surface area contributed by atoms with Crippen LogP contribution in [0.15, 0.2) is 35.1 Å². The molecule has 0 amide bonds. The normalized spacial score (nSPS) is 16.1. The van der Waals surface area contributed by atoms with Crippen molar-refractivity contribution in [3.8, 4) is 5.88 Å². The van der Waals surface area contributed by atoms with Crippen LogP contribution in [0.3, 0.4) is 0 Å². The number of hydrogen-bond acceptors (Lipinski definition) is 8. The number of hydrogen-bond donors (Lipinski definition) is 2. The van der Waals surface area contributed by atoms with Crippen molar-refractivity contribution in [3.05, 3.63) is 51.0 Å². The molecule has 4 heterocycles. The highest BCUT2D eigenvalue weighted by Gasteiger charge is 2.26. The fourth-order valence-corrected chi connectivity index (χ4v) is 6.44. The van der Waals surface area contributed by atoms with E-state index in [1.807, 2.05) is 18.3 Å². The maximum absolute atomic E-state index is 13.4. The van der Waals surface area contributed by atoms with E-state index in [9.17, 15) is 4.79 Å². The number of allylic oxidation sites excluding steroid dienone is 1. The van der Waals surface area contributed by atoms with E-state index in [0.29, 0.717) is 25.5 Å². The number of Topliss-reactive ketones (excluding diaryl/α,β-unsaturated/α-hetero) is 1. The lowest BCUT2D eigenvalue weighted by Crippen LogP contribution is -2.27. The number of ketones is 1. The molecular formula is C31H44N4O3S. The molecule has 2 N–H and O–H groups in total. The number of carbonyl (C=O) groups excluding carboxylic acids is 1. The van der Waals surface area contributed by atoms with Crippen LogP contribution in [0, 0.1) is 0 Å². The maximum Gasteiger partial charge on any atom is 0.238 e. The van der Waals surface area contributed by atoms with Crippen LogP contribution in [-0.2, 0) is 17.6 Å². The van der Waals surface area contributed by atoms with Crippen molar-refractivity contribution in [1.29, 1.82) is 0 Å². The average Bonchev–Trinajstić information content (AvgIpc) is 3.32. The maximum atomic E-state index is 13.4. The van der Waals surface area contributed by atoms with Crippen molar-refractivity contribution < 1.29 is 14.3 Å². The molecule has 2 aliphatic rings. The van der Waals surface area contributed by atoms with Crippen molar-refractivity contribution in [2.75, 3.05) is 31.6 Å². The topological polar surface area (TPSA) is 84.8 Å². The molecule has 0 unspecified atom stereocenters. The van der Waals surface area contributed by atoms with Gasteiger partial charge in [0.2, 0.25) is 5.88 Å². The van der Waals surface area contributed by atoms with Gasteiger partial charge in [-0.05, 0) is 69.8 Å². The van der Waals surface area contributed by atoms with Gasteiger partial charge in [-0.15, -0.1) is 11.3 Å². The average molecular weight is 553 g/mol. The molecule has 1 saturated heterocycles. The highest BCUT2D eigenvalue weighted by molar-refractivity contribution is 7.14. The molecule has 0 atom stereocenters. The van der Waals surface area contributed by atoms with Crippen molar-refractivity contribution >= 4 is 28.6 Å². The summed E-state index contributed by atoms with van der Waals surface area (Å²) in [6.07, 6.45) is 13.1. The summed E-state index contributed by atoms with van der Waals surface area (Å²) in [5.74, 6) is 1.61. The van der Waals surface area contributed by atoms with Gasteiger partial charge < -0.3 is 20.1 Å². The van der Waals surface area contributed by atoms with Crippen LogP contribution in [0.25, 0.3) is 0 Å². The van der Waals surface area contributed by atoms with Gasteiger partial charge in [-0.2, -0.15) is 0 Å². The number of aromatic nitrogens is 1. The van der Waals surface area contributed by atoms with Crippen molar-refractivity contribution in [2.24, 2.45) is 4.99 Å². The Morgan fingerprint density at radius 1 is 1.15 bits per heavy atom. The second-order valence-electron chi connectivity index (χ2n) is 10.4. The second kappa shape index (κ2) is 15.3. The van der Waals surface area contributed by atoms with Crippen LogP contribution in [0.5, 0.6) is 5.88 Å².